The normalized spacial score (nSPS) is 20.5. The lowest BCUT2D eigenvalue weighted by atomic mass is 9.74. The number of carbonyl (C=O) groups excluding carboxylic acids is 1. The molecule has 0 saturated carbocycles. The second-order valence-corrected chi connectivity index (χ2v) is 10.9. The Bertz CT molecular complexity index is 1320. The first-order valence-corrected chi connectivity index (χ1v) is 12.6. The summed E-state index contributed by atoms with van der Waals surface area (Å²) < 4.78 is 0. The molecule has 0 saturated heterocycles. The molecule has 0 aliphatic carbocycles. The summed E-state index contributed by atoms with van der Waals surface area (Å²) in [6.07, 6.45) is 3.60. The average molecular weight is 442 g/mol. The molecule has 2 unspecified atom stereocenters. The van der Waals surface area contributed by atoms with Crippen LogP contribution in [0.5, 0.6) is 0 Å². The molecule has 0 fully saturated rings. The number of benzene rings is 4. The maximum Gasteiger partial charge on any atom is 0.151 e. The van der Waals surface area contributed by atoms with Crippen molar-refractivity contribution in [2.24, 2.45) is 5.92 Å². The predicted octanol–water partition coefficient (Wildman–Crippen LogP) is 7.71. The van der Waals surface area contributed by atoms with Gasteiger partial charge in [-0.05, 0) is 41.1 Å². The van der Waals surface area contributed by atoms with E-state index in [2.05, 4.69) is 121 Å². The van der Waals surface area contributed by atoms with Crippen LogP contribution in [0.1, 0.15) is 22.3 Å². The van der Waals surface area contributed by atoms with Crippen LogP contribution in [0.3, 0.4) is 0 Å². The molecule has 2 heteroatoms. The molecule has 2 aliphatic rings. The number of rotatable bonds is 5. The number of hydrogen-bond acceptors (Lipinski definition) is 1. The highest BCUT2D eigenvalue weighted by Gasteiger charge is 2.60. The minimum Gasteiger partial charge on any atom is -0.298 e. The van der Waals surface area contributed by atoms with Crippen LogP contribution in [-0.2, 0) is 9.95 Å². The molecule has 0 amide bonds. The lowest BCUT2D eigenvalue weighted by Gasteiger charge is -2.38. The molecule has 1 nitrogen and oxygen atoms in total. The van der Waals surface area contributed by atoms with E-state index in [9.17, 15) is 4.79 Å². The third-order valence-corrected chi connectivity index (χ3v) is 10.1. The van der Waals surface area contributed by atoms with Gasteiger partial charge < -0.3 is 0 Å². The first kappa shape index (κ1) is 20.1. The number of allylic oxidation sites excluding steroid dienone is 3. The molecule has 158 valence electrons. The highest BCUT2D eigenvalue weighted by Crippen LogP contribution is 2.84. The highest BCUT2D eigenvalue weighted by molar-refractivity contribution is 7.76. The van der Waals surface area contributed by atoms with Gasteiger partial charge in [-0.3, -0.25) is 4.79 Å². The van der Waals surface area contributed by atoms with E-state index in [0.717, 1.165) is 17.2 Å². The summed E-state index contributed by atoms with van der Waals surface area (Å²) in [5.41, 5.74) is 6.10. The van der Waals surface area contributed by atoms with Crippen LogP contribution in [0.2, 0.25) is 0 Å². The Morgan fingerprint density at radius 2 is 1.06 bits per heavy atom. The fourth-order valence-electron chi connectivity index (χ4n) is 5.64. The van der Waals surface area contributed by atoms with Gasteiger partial charge in [-0.1, -0.05) is 127 Å². The van der Waals surface area contributed by atoms with Crippen molar-refractivity contribution in [1.82, 2.24) is 0 Å². The monoisotopic (exact) mass is 442 g/mol. The van der Waals surface area contributed by atoms with Crippen molar-refractivity contribution in [3.8, 4) is 0 Å². The number of carbonyl (C=O) groups is 1. The van der Waals surface area contributed by atoms with Crippen molar-refractivity contribution in [2.45, 2.75) is 5.16 Å². The first-order valence-electron chi connectivity index (χ1n) is 11.3. The number of fused-ring (bicyclic) bond motifs is 2. The Labute approximate surface area is 195 Å². The molecule has 4 aromatic carbocycles. The van der Waals surface area contributed by atoms with Crippen LogP contribution in [0.4, 0.5) is 0 Å². The third-order valence-electron chi connectivity index (χ3n) is 6.89. The van der Waals surface area contributed by atoms with Crippen LogP contribution in [-0.4, -0.2) is 6.29 Å². The van der Waals surface area contributed by atoms with E-state index in [1.807, 2.05) is 6.07 Å². The molecule has 2 atom stereocenters. The van der Waals surface area contributed by atoms with Gasteiger partial charge in [-0.15, -0.1) is 0 Å². The van der Waals surface area contributed by atoms with Gasteiger partial charge >= 0.3 is 0 Å². The van der Waals surface area contributed by atoms with E-state index in [1.54, 1.807) is 0 Å². The molecule has 2 bridgehead atoms. The fraction of sp³-hybridized carbons (Fsp3) is 0.0645. The molecular formula is C31H23OP. The van der Waals surface area contributed by atoms with E-state index >= 15 is 0 Å². The Hall–Kier alpha value is -3.54. The smallest absolute Gasteiger partial charge is 0.151 e. The number of hydrogen-bond donors (Lipinski definition) is 0. The Balaban J connectivity index is 1.68. The van der Waals surface area contributed by atoms with Crippen LogP contribution < -0.4 is 0 Å². The fourth-order valence-corrected chi connectivity index (χ4v) is 9.27. The summed E-state index contributed by atoms with van der Waals surface area (Å²) in [5, 5.41) is 1.98. The van der Waals surface area contributed by atoms with Gasteiger partial charge in [-0.2, -0.15) is 0 Å². The molecule has 6 rings (SSSR count). The second-order valence-electron chi connectivity index (χ2n) is 8.51. The minimum absolute atomic E-state index is 0.0891. The van der Waals surface area contributed by atoms with Gasteiger partial charge in [0.25, 0.3) is 0 Å². The van der Waals surface area contributed by atoms with Crippen molar-refractivity contribution in [3.05, 3.63) is 155 Å². The van der Waals surface area contributed by atoms with E-state index in [1.165, 1.54) is 27.6 Å². The summed E-state index contributed by atoms with van der Waals surface area (Å²) in [4.78, 5) is 12.8. The van der Waals surface area contributed by atoms with Crippen molar-refractivity contribution >= 4 is 25.1 Å². The second kappa shape index (κ2) is 8.10. The first-order chi connectivity index (χ1) is 16.4. The van der Waals surface area contributed by atoms with Crippen LogP contribution in [0.15, 0.2) is 133 Å². The molecule has 33 heavy (non-hydrogen) atoms. The van der Waals surface area contributed by atoms with Gasteiger partial charge in [0.1, 0.15) is 0 Å². The third kappa shape index (κ3) is 2.93. The molecule has 0 spiro atoms. The summed E-state index contributed by atoms with van der Waals surface area (Å²) in [5.74, 6) is 0.0891. The van der Waals surface area contributed by atoms with Crippen molar-refractivity contribution in [3.63, 3.8) is 0 Å². The summed E-state index contributed by atoms with van der Waals surface area (Å²) in [6, 6.07) is 42.7. The summed E-state index contributed by atoms with van der Waals surface area (Å²) in [7, 11) is -0.963. The quantitative estimate of drug-likeness (QED) is 0.229. The van der Waals surface area contributed by atoms with Gasteiger partial charge in [0.05, 0.1) is 5.16 Å². The van der Waals surface area contributed by atoms with Gasteiger partial charge in [-0.25, -0.2) is 0 Å². The van der Waals surface area contributed by atoms with E-state index in [0.29, 0.717) is 0 Å². The van der Waals surface area contributed by atoms with E-state index in [4.69, 9.17) is 0 Å². The topological polar surface area (TPSA) is 17.1 Å². The van der Waals surface area contributed by atoms with Crippen LogP contribution >= 0.6 is 7.92 Å². The molecule has 2 heterocycles. The Morgan fingerprint density at radius 3 is 1.55 bits per heavy atom. The molecule has 2 aliphatic heterocycles. The van der Waals surface area contributed by atoms with Gasteiger partial charge in [0.2, 0.25) is 0 Å². The zero-order valence-corrected chi connectivity index (χ0v) is 19.0. The van der Waals surface area contributed by atoms with E-state index in [-0.39, 0.29) is 11.1 Å². The van der Waals surface area contributed by atoms with Crippen molar-refractivity contribution in [1.29, 1.82) is 0 Å². The molecule has 0 aromatic heterocycles. The lowest BCUT2D eigenvalue weighted by Crippen LogP contribution is -2.28. The molecule has 0 radical (unpaired) electrons. The van der Waals surface area contributed by atoms with Gasteiger partial charge in [0.15, 0.2) is 6.29 Å². The molecular weight excluding hydrogens is 419 g/mol. The number of aldehydes is 1. The Morgan fingerprint density at radius 1 is 0.606 bits per heavy atom. The van der Waals surface area contributed by atoms with E-state index < -0.39 is 7.92 Å². The van der Waals surface area contributed by atoms with Crippen LogP contribution in [0, 0.1) is 5.92 Å². The summed E-state index contributed by atoms with van der Waals surface area (Å²) >= 11 is 0. The molecule has 0 N–H and O–H groups in total. The maximum absolute atomic E-state index is 12.8. The zero-order valence-electron chi connectivity index (χ0n) is 18.1. The van der Waals surface area contributed by atoms with Crippen LogP contribution in [0.25, 0.3) is 10.9 Å². The average Bonchev–Trinajstić information content (AvgIpc) is 3.40. The van der Waals surface area contributed by atoms with Crippen molar-refractivity contribution < 1.29 is 4.79 Å². The SMILES string of the molecule is O=CC1=C(c2ccccc2)C2C=C(c3ccccc3)P1C2(c1ccccc1)c1ccccc1. The largest absolute Gasteiger partial charge is 0.298 e. The Kier molecular flexibility index (Phi) is 4.93. The zero-order chi connectivity index (χ0) is 22.3. The summed E-state index contributed by atoms with van der Waals surface area (Å²) in [6.45, 7) is 0. The maximum atomic E-state index is 12.8. The standard InChI is InChI=1S/C31H23OP/c32-22-29-30(24-15-7-2-8-16-24)27-21-28(23-13-5-1-6-14-23)33(29)31(27,25-17-9-3-10-18-25)26-19-11-4-12-20-26/h1-22,27H. The lowest BCUT2D eigenvalue weighted by molar-refractivity contribution is -0.104. The van der Waals surface area contributed by atoms with Crippen molar-refractivity contribution in [2.75, 3.05) is 0 Å². The highest BCUT2D eigenvalue weighted by atomic mass is 31.1. The predicted molar refractivity (Wildman–Crippen MR) is 138 cm³/mol. The van der Waals surface area contributed by atoms with Gasteiger partial charge in [0, 0.05) is 11.2 Å². The minimum atomic E-state index is -0.963. The molecule has 4 aromatic rings.